The molecule has 2 unspecified atom stereocenters. The van der Waals surface area contributed by atoms with Crippen molar-refractivity contribution in [2.75, 3.05) is 5.73 Å². The van der Waals surface area contributed by atoms with Crippen molar-refractivity contribution in [1.82, 2.24) is 15.6 Å². The van der Waals surface area contributed by atoms with Crippen LogP contribution >= 0.6 is 0 Å². The number of pyridine rings is 1. The van der Waals surface area contributed by atoms with E-state index in [-0.39, 0.29) is 18.4 Å². The van der Waals surface area contributed by atoms with Gasteiger partial charge in [-0.05, 0) is 31.4 Å². The number of rotatable bonds is 8. The Morgan fingerprint density at radius 1 is 1.12 bits per heavy atom. The first-order chi connectivity index (χ1) is 12.5. The van der Waals surface area contributed by atoms with E-state index in [1.54, 1.807) is 25.3 Å². The minimum atomic E-state index is -0.692. The summed E-state index contributed by atoms with van der Waals surface area (Å²) in [5, 5.41) is 5.37. The van der Waals surface area contributed by atoms with Crippen LogP contribution in [0.4, 0.5) is 5.82 Å². The summed E-state index contributed by atoms with van der Waals surface area (Å²) in [4.78, 5) is 28.3. The summed E-state index contributed by atoms with van der Waals surface area (Å²) in [6, 6.07) is 12.0. The molecule has 138 valence electrons. The predicted octanol–water partition coefficient (Wildman–Crippen LogP) is 0.745. The number of nitrogens with zero attached hydrogens (tertiary/aromatic N) is 1. The quantitative estimate of drug-likeness (QED) is 0.556. The fraction of sp³-hybridized carbons (Fsp3) is 0.316. The molecule has 0 aliphatic rings. The van der Waals surface area contributed by atoms with Gasteiger partial charge in [-0.15, -0.1) is 0 Å². The summed E-state index contributed by atoms with van der Waals surface area (Å²) in [6.07, 6.45) is 2.80. The van der Waals surface area contributed by atoms with Crippen LogP contribution in [0.2, 0.25) is 0 Å². The summed E-state index contributed by atoms with van der Waals surface area (Å²) < 4.78 is 0. The van der Waals surface area contributed by atoms with Gasteiger partial charge in [0.15, 0.2) is 0 Å². The van der Waals surface area contributed by atoms with E-state index in [1.165, 1.54) is 0 Å². The molecule has 1 heterocycles. The second kappa shape index (κ2) is 9.53. The average Bonchev–Trinajstić information content (AvgIpc) is 2.65. The van der Waals surface area contributed by atoms with E-state index in [0.29, 0.717) is 18.7 Å². The Kier molecular flexibility index (Phi) is 7.11. The normalized spacial score (nSPS) is 12.8. The number of carbonyl (C=O) groups is 2. The average molecular weight is 355 g/mol. The van der Waals surface area contributed by atoms with Gasteiger partial charge in [0.25, 0.3) is 0 Å². The topological polar surface area (TPSA) is 123 Å². The van der Waals surface area contributed by atoms with Crippen LogP contribution in [0.1, 0.15) is 24.5 Å². The molecule has 0 radical (unpaired) electrons. The SMILES string of the molecule is CC(NC(=O)C(N)CCc1ccccc1)C(=O)NCc1cccnc1N. The third kappa shape index (κ3) is 5.86. The van der Waals surface area contributed by atoms with Crippen molar-refractivity contribution in [1.29, 1.82) is 0 Å². The van der Waals surface area contributed by atoms with Gasteiger partial charge >= 0.3 is 0 Å². The van der Waals surface area contributed by atoms with Crippen LogP contribution < -0.4 is 22.1 Å². The molecule has 26 heavy (non-hydrogen) atoms. The molecule has 0 aliphatic heterocycles. The number of hydrogen-bond donors (Lipinski definition) is 4. The van der Waals surface area contributed by atoms with E-state index in [4.69, 9.17) is 11.5 Å². The zero-order chi connectivity index (χ0) is 18.9. The van der Waals surface area contributed by atoms with E-state index in [1.807, 2.05) is 30.3 Å². The lowest BCUT2D eigenvalue weighted by molar-refractivity contribution is -0.129. The number of aryl methyl sites for hydroxylation is 1. The second-order valence-corrected chi connectivity index (χ2v) is 6.13. The lowest BCUT2D eigenvalue weighted by atomic mass is 10.1. The van der Waals surface area contributed by atoms with Crippen molar-refractivity contribution in [3.8, 4) is 0 Å². The Labute approximate surface area is 153 Å². The number of amides is 2. The van der Waals surface area contributed by atoms with Gasteiger partial charge in [-0.25, -0.2) is 4.98 Å². The van der Waals surface area contributed by atoms with Gasteiger partial charge in [0.1, 0.15) is 11.9 Å². The van der Waals surface area contributed by atoms with E-state index in [9.17, 15) is 9.59 Å². The summed E-state index contributed by atoms with van der Waals surface area (Å²) in [5.74, 6) is -0.284. The highest BCUT2D eigenvalue weighted by Crippen LogP contribution is 2.06. The molecular weight excluding hydrogens is 330 g/mol. The lowest BCUT2D eigenvalue weighted by Gasteiger charge is -2.17. The van der Waals surface area contributed by atoms with E-state index in [0.717, 1.165) is 11.1 Å². The Hall–Kier alpha value is -2.93. The summed E-state index contributed by atoms with van der Waals surface area (Å²) in [6.45, 7) is 1.86. The van der Waals surface area contributed by atoms with Gasteiger partial charge in [-0.2, -0.15) is 0 Å². The van der Waals surface area contributed by atoms with Crippen molar-refractivity contribution >= 4 is 17.6 Å². The maximum absolute atomic E-state index is 12.2. The summed E-state index contributed by atoms with van der Waals surface area (Å²) in [7, 11) is 0. The number of hydrogen-bond acceptors (Lipinski definition) is 5. The fourth-order valence-corrected chi connectivity index (χ4v) is 2.42. The number of anilines is 1. The molecule has 2 amide bonds. The van der Waals surface area contributed by atoms with Crippen LogP contribution in [0.5, 0.6) is 0 Å². The zero-order valence-electron chi connectivity index (χ0n) is 14.8. The minimum absolute atomic E-state index is 0.249. The molecule has 0 saturated heterocycles. The third-order valence-electron chi connectivity index (χ3n) is 4.05. The van der Waals surface area contributed by atoms with Crippen molar-refractivity contribution < 1.29 is 9.59 Å². The zero-order valence-corrected chi connectivity index (χ0v) is 14.8. The molecular formula is C19H25N5O2. The Balaban J connectivity index is 1.76. The molecule has 1 aromatic heterocycles. The van der Waals surface area contributed by atoms with Gasteiger partial charge in [-0.1, -0.05) is 36.4 Å². The molecule has 6 N–H and O–H groups in total. The Morgan fingerprint density at radius 2 is 1.85 bits per heavy atom. The number of benzene rings is 1. The minimum Gasteiger partial charge on any atom is -0.383 e. The first kappa shape index (κ1) is 19.4. The molecule has 2 rings (SSSR count). The van der Waals surface area contributed by atoms with Gasteiger partial charge in [0.05, 0.1) is 6.04 Å². The van der Waals surface area contributed by atoms with Crippen LogP contribution in [0.15, 0.2) is 48.7 Å². The largest absolute Gasteiger partial charge is 0.383 e. The molecule has 1 aromatic carbocycles. The standard InChI is InChI=1S/C19H25N5O2/c1-13(18(25)23-12-15-8-5-11-22-17(15)21)24-19(26)16(20)10-9-14-6-3-2-4-7-14/h2-8,11,13,16H,9-10,12,20H2,1H3,(H2,21,22)(H,23,25)(H,24,26). The van der Waals surface area contributed by atoms with Crippen molar-refractivity contribution in [2.24, 2.45) is 5.73 Å². The van der Waals surface area contributed by atoms with Gasteiger partial charge in [0.2, 0.25) is 11.8 Å². The highest BCUT2D eigenvalue weighted by atomic mass is 16.2. The molecule has 0 aliphatic carbocycles. The number of nitrogen functional groups attached to an aromatic ring is 1. The molecule has 2 aromatic rings. The van der Waals surface area contributed by atoms with Gasteiger partial charge < -0.3 is 22.1 Å². The van der Waals surface area contributed by atoms with Crippen molar-refractivity contribution in [3.63, 3.8) is 0 Å². The molecule has 0 saturated carbocycles. The highest BCUT2D eigenvalue weighted by molar-refractivity contribution is 5.89. The maximum atomic E-state index is 12.2. The van der Waals surface area contributed by atoms with Crippen LogP contribution in [-0.2, 0) is 22.6 Å². The Morgan fingerprint density at radius 3 is 2.54 bits per heavy atom. The van der Waals surface area contributed by atoms with Gasteiger partial charge in [-0.3, -0.25) is 9.59 Å². The van der Waals surface area contributed by atoms with Crippen molar-refractivity contribution in [3.05, 3.63) is 59.8 Å². The molecule has 2 atom stereocenters. The van der Waals surface area contributed by atoms with Crippen molar-refractivity contribution in [2.45, 2.75) is 38.4 Å². The number of aromatic nitrogens is 1. The second-order valence-electron chi connectivity index (χ2n) is 6.13. The van der Waals surface area contributed by atoms with Gasteiger partial charge in [0, 0.05) is 18.3 Å². The third-order valence-corrected chi connectivity index (χ3v) is 4.05. The van der Waals surface area contributed by atoms with E-state index in [2.05, 4.69) is 15.6 Å². The molecule has 0 bridgehead atoms. The van der Waals surface area contributed by atoms with E-state index < -0.39 is 12.1 Å². The number of carbonyl (C=O) groups excluding carboxylic acids is 2. The van der Waals surface area contributed by atoms with Crippen LogP contribution in [0.25, 0.3) is 0 Å². The maximum Gasteiger partial charge on any atom is 0.242 e. The molecule has 0 fully saturated rings. The summed E-state index contributed by atoms with van der Waals surface area (Å²) >= 11 is 0. The lowest BCUT2D eigenvalue weighted by Crippen LogP contribution is -2.50. The Bertz CT molecular complexity index is 736. The van der Waals surface area contributed by atoms with Crippen LogP contribution in [0.3, 0.4) is 0 Å². The fourth-order valence-electron chi connectivity index (χ4n) is 2.42. The summed E-state index contributed by atoms with van der Waals surface area (Å²) in [5.41, 5.74) is 13.5. The predicted molar refractivity (Wildman–Crippen MR) is 101 cm³/mol. The van der Waals surface area contributed by atoms with Crippen LogP contribution in [0, 0.1) is 0 Å². The number of nitrogens with one attached hydrogen (secondary N) is 2. The monoisotopic (exact) mass is 355 g/mol. The molecule has 7 nitrogen and oxygen atoms in total. The molecule has 0 spiro atoms. The first-order valence-corrected chi connectivity index (χ1v) is 8.54. The molecule has 7 heteroatoms. The van der Waals surface area contributed by atoms with Crippen LogP contribution in [-0.4, -0.2) is 28.9 Å². The number of nitrogens with two attached hydrogens (primary N) is 2. The smallest absolute Gasteiger partial charge is 0.242 e. The van der Waals surface area contributed by atoms with E-state index >= 15 is 0 Å². The first-order valence-electron chi connectivity index (χ1n) is 8.54. The highest BCUT2D eigenvalue weighted by Gasteiger charge is 2.20.